The number of rotatable bonds is 5. The molecule has 0 aliphatic heterocycles. The number of nitrogens with zero attached hydrogens (tertiary/aromatic N) is 2. The van der Waals surface area contributed by atoms with Crippen LogP contribution in [0.2, 0.25) is 0 Å². The molecule has 1 heterocycles. The standard InChI is InChI=1S/C24H17BrN2O/c25-21-14-11-19(12-15-21)24-20(13-16-23(28)18-7-3-1-4-8-18)17-27(26-24)22-9-5-2-6-10-22/h1-17H. The first-order chi connectivity index (χ1) is 13.7. The van der Waals surface area contributed by atoms with E-state index in [-0.39, 0.29) is 5.78 Å². The van der Waals surface area contributed by atoms with Gasteiger partial charge in [-0.2, -0.15) is 5.10 Å². The Balaban J connectivity index is 1.74. The quantitative estimate of drug-likeness (QED) is 0.280. The largest absolute Gasteiger partial charge is 0.289 e. The van der Waals surface area contributed by atoms with Gasteiger partial charge in [0.05, 0.1) is 11.4 Å². The fourth-order valence-corrected chi connectivity index (χ4v) is 3.18. The molecule has 0 radical (unpaired) electrons. The number of para-hydroxylation sites is 1. The minimum Gasteiger partial charge on any atom is -0.289 e. The summed E-state index contributed by atoms with van der Waals surface area (Å²) >= 11 is 3.47. The summed E-state index contributed by atoms with van der Waals surface area (Å²) < 4.78 is 2.85. The molecule has 0 fully saturated rings. The smallest absolute Gasteiger partial charge is 0.185 e. The Labute approximate surface area is 172 Å². The van der Waals surface area contributed by atoms with Crippen molar-refractivity contribution in [3.05, 3.63) is 113 Å². The first-order valence-corrected chi connectivity index (χ1v) is 9.68. The molecule has 0 saturated carbocycles. The SMILES string of the molecule is O=C(C=Cc1cn(-c2ccccc2)nc1-c1ccc(Br)cc1)c1ccccc1. The first kappa shape index (κ1) is 18.1. The highest BCUT2D eigenvalue weighted by atomic mass is 79.9. The average Bonchev–Trinajstić information content (AvgIpc) is 3.18. The van der Waals surface area contributed by atoms with Crippen molar-refractivity contribution in [1.82, 2.24) is 9.78 Å². The molecule has 0 atom stereocenters. The molecule has 4 heteroatoms. The van der Waals surface area contributed by atoms with Gasteiger partial charge in [-0.1, -0.05) is 76.6 Å². The van der Waals surface area contributed by atoms with E-state index < -0.39 is 0 Å². The third kappa shape index (κ3) is 4.02. The first-order valence-electron chi connectivity index (χ1n) is 8.89. The summed E-state index contributed by atoms with van der Waals surface area (Å²) in [4.78, 5) is 12.5. The lowest BCUT2D eigenvalue weighted by Crippen LogP contribution is -1.93. The topological polar surface area (TPSA) is 34.9 Å². The zero-order valence-electron chi connectivity index (χ0n) is 15.0. The van der Waals surface area contributed by atoms with Crippen LogP contribution in [-0.2, 0) is 0 Å². The number of benzene rings is 3. The molecule has 0 bridgehead atoms. The third-order valence-electron chi connectivity index (χ3n) is 4.35. The highest BCUT2D eigenvalue weighted by molar-refractivity contribution is 9.10. The van der Waals surface area contributed by atoms with Gasteiger partial charge in [0, 0.05) is 27.4 Å². The maximum absolute atomic E-state index is 12.5. The van der Waals surface area contributed by atoms with Gasteiger partial charge in [0.1, 0.15) is 0 Å². The minimum absolute atomic E-state index is 0.0326. The van der Waals surface area contributed by atoms with E-state index >= 15 is 0 Å². The van der Waals surface area contributed by atoms with Gasteiger partial charge in [0.2, 0.25) is 0 Å². The van der Waals surface area contributed by atoms with Crippen LogP contribution in [0.15, 0.2) is 102 Å². The van der Waals surface area contributed by atoms with Crippen LogP contribution in [0.25, 0.3) is 23.0 Å². The predicted octanol–water partition coefficient (Wildman–Crippen LogP) is 6.20. The molecule has 4 aromatic rings. The summed E-state index contributed by atoms with van der Waals surface area (Å²) in [7, 11) is 0. The van der Waals surface area contributed by atoms with Crippen molar-refractivity contribution in [2.75, 3.05) is 0 Å². The Kier molecular flexibility index (Phi) is 5.31. The van der Waals surface area contributed by atoms with Crippen LogP contribution in [0.3, 0.4) is 0 Å². The van der Waals surface area contributed by atoms with E-state index in [4.69, 9.17) is 5.10 Å². The molecule has 1 aromatic heterocycles. The Morgan fingerprint density at radius 1 is 0.857 bits per heavy atom. The molecule has 0 saturated heterocycles. The second kappa shape index (κ2) is 8.19. The average molecular weight is 429 g/mol. The van der Waals surface area contributed by atoms with E-state index in [2.05, 4.69) is 15.9 Å². The maximum atomic E-state index is 12.5. The molecule has 4 rings (SSSR count). The van der Waals surface area contributed by atoms with Crippen molar-refractivity contribution in [3.8, 4) is 16.9 Å². The summed E-state index contributed by atoms with van der Waals surface area (Å²) in [6, 6.07) is 27.2. The van der Waals surface area contributed by atoms with Crippen molar-refractivity contribution < 1.29 is 4.79 Å². The van der Waals surface area contributed by atoms with Gasteiger partial charge in [-0.15, -0.1) is 0 Å². The van der Waals surface area contributed by atoms with Gasteiger partial charge in [-0.05, 0) is 36.4 Å². The van der Waals surface area contributed by atoms with E-state index in [0.29, 0.717) is 5.56 Å². The number of allylic oxidation sites excluding steroid dienone is 1. The van der Waals surface area contributed by atoms with E-state index in [1.807, 2.05) is 102 Å². The Bertz CT molecular complexity index is 1110. The van der Waals surface area contributed by atoms with Gasteiger partial charge >= 0.3 is 0 Å². The molecule has 28 heavy (non-hydrogen) atoms. The van der Waals surface area contributed by atoms with Crippen LogP contribution in [0, 0.1) is 0 Å². The Hall–Kier alpha value is -3.24. The zero-order chi connectivity index (χ0) is 19.3. The fraction of sp³-hybridized carbons (Fsp3) is 0. The fourth-order valence-electron chi connectivity index (χ4n) is 2.92. The van der Waals surface area contributed by atoms with Crippen molar-refractivity contribution in [3.63, 3.8) is 0 Å². The molecule has 136 valence electrons. The van der Waals surface area contributed by atoms with Crippen LogP contribution < -0.4 is 0 Å². The van der Waals surface area contributed by atoms with Gasteiger partial charge in [0.15, 0.2) is 5.78 Å². The summed E-state index contributed by atoms with van der Waals surface area (Å²) in [5.74, 6) is -0.0326. The van der Waals surface area contributed by atoms with E-state index in [1.165, 1.54) is 0 Å². The lowest BCUT2D eigenvalue weighted by atomic mass is 10.1. The lowest BCUT2D eigenvalue weighted by molar-refractivity contribution is 0.104. The number of hydrogen-bond acceptors (Lipinski definition) is 2. The van der Waals surface area contributed by atoms with E-state index in [0.717, 1.165) is 27.0 Å². The molecule has 0 N–H and O–H groups in total. The Morgan fingerprint density at radius 2 is 1.50 bits per heavy atom. The zero-order valence-corrected chi connectivity index (χ0v) is 16.6. The molecular weight excluding hydrogens is 412 g/mol. The molecule has 0 aliphatic rings. The van der Waals surface area contributed by atoms with Gasteiger partial charge in [0.25, 0.3) is 0 Å². The number of halogens is 1. The van der Waals surface area contributed by atoms with Gasteiger partial charge in [-0.3, -0.25) is 4.79 Å². The minimum atomic E-state index is -0.0326. The highest BCUT2D eigenvalue weighted by Gasteiger charge is 2.11. The van der Waals surface area contributed by atoms with Crippen LogP contribution >= 0.6 is 15.9 Å². The Morgan fingerprint density at radius 3 is 2.18 bits per heavy atom. The number of aromatic nitrogens is 2. The van der Waals surface area contributed by atoms with Crippen LogP contribution in [0.1, 0.15) is 15.9 Å². The van der Waals surface area contributed by atoms with Gasteiger partial charge < -0.3 is 0 Å². The van der Waals surface area contributed by atoms with Crippen molar-refractivity contribution in [2.24, 2.45) is 0 Å². The van der Waals surface area contributed by atoms with Gasteiger partial charge in [-0.25, -0.2) is 4.68 Å². The van der Waals surface area contributed by atoms with Crippen molar-refractivity contribution in [2.45, 2.75) is 0 Å². The normalized spacial score (nSPS) is 11.0. The summed E-state index contributed by atoms with van der Waals surface area (Å²) in [6.45, 7) is 0. The molecule has 0 spiro atoms. The van der Waals surface area contributed by atoms with Crippen LogP contribution in [-0.4, -0.2) is 15.6 Å². The maximum Gasteiger partial charge on any atom is 0.185 e. The van der Waals surface area contributed by atoms with Crippen LogP contribution in [0.4, 0.5) is 0 Å². The van der Waals surface area contributed by atoms with Crippen LogP contribution in [0.5, 0.6) is 0 Å². The molecule has 0 amide bonds. The number of hydrogen-bond donors (Lipinski definition) is 0. The summed E-state index contributed by atoms with van der Waals surface area (Å²) in [5, 5.41) is 4.77. The number of carbonyl (C=O) groups excluding carboxylic acids is 1. The van der Waals surface area contributed by atoms with E-state index in [9.17, 15) is 4.79 Å². The molecular formula is C24H17BrN2O. The second-order valence-electron chi connectivity index (χ2n) is 6.28. The monoisotopic (exact) mass is 428 g/mol. The van der Waals surface area contributed by atoms with Crippen molar-refractivity contribution >= 4 is 27.8 Å². The molecule has 0 unspecified atom stereocenters. The summed E-state index contributed by atoms with van der Waals surface area (Å²) in [6.07, 6.45) is 5.38. The number of carbonyl (C=O) groups is 1. The van der Waals surface area contributed by atoms with E-state index in [1.54, 1.807) is 6.08 Å². The lowest BCUT2D eigenvalue weighted by Gasteiger charge is -2.01. The predicted molar refractivity (Wildman–Crippen MR) is 117 cm³/mol. The number of ketones is 1. The van der Waals surface area contributed by atoms with Crippen molar-refractivity contribution in [1.29, 1.82) is 0 Å². The molecule has 0 aliphatic carbocycles. The third-order valence-corrected chi connectivity index (χ3v) is 4.88. The summed E-state index contributed by atoms with van der Waals surface area (Å²) in [5.41, 5.74) is 4.34. The second-order valence-corrected chi connectivity index (χ2v) is 7.20. The molecule has 3 nitrogen and oxygen atoms in total. The highest BCUT2D eigenvalue weighted by Crippen LogP contribution is 2.26. The molecule has 3 aromatic carbocycles.